The molecule has 2 atom stereocenters. The second-order valence-electron chi connectivity index (χ2n) is 16.0. The van der Waals surface area contributed by atoms with E-state index < -0.39 is 26.5 Å². The van der Waals surface area contributed by atoms with Gasteiger partial charge in [0.2, 0.25) is 0 Å². The van der Waals surface area contributed by atoms with Crippen LogP contribution in [0, 0.1) is 0 Å². The van der Waals surface area contributed by atoms with Gasteiger partial charge in [-0.1, -0.05) is 199 Å². The Hall–Kier alpha value is -1.25. The molecule has 9 nitrogen and oxygen atoms in total. The molecule has 0 fully saturated rings. The van der Waals surface area contributed by atoms with Crippen molar-refractivity contribution in [2.75, 3.05) is 26.4 Å². The van der Waals surface area contributed by atoms with E-state index in [1.54, 1.807) is 0 Å². The number of nitrogens with two attached hydrogens (primary N) is 1. The first kappa shape index (κ1) is 54.8. The number of phosphoric acid groups is 1. The van der Waals surface area contributed by atoms with Gasteiger partial charge in [-0.05, 0) is 38.5 Å². The van der Waals surface area contributed by atoms with Crippen molar-refractivity contribution < 1.29 is 37.6 Å². The lowest BCUT2D eigenvalue weighted by Crippen LogP contribution is -2.29. The van der Waals surface area contributed by atoms with Crippen molar-refractivity contribution in [1.82, 2.24) is 0 Å². The second-order valence-corrected chi connectivity index (χ2v) is 17.4. The van der Waals surface area contributed by atoms with Crippen LogP contribution in [0.1, 0.15) is 239 Å². The minimum Gasteiger partial charge on any atom is -0.462 e. The molecule has 0 aliphatic heterocycles. The van der Waals surface area contributed by atoms with Crippen LogP contribution >= 0.6 is 7.82 Å². The van der Waals surface area contributed by atoms with Crippen LogP contribution in [0.5, 0.6) is 0 Å². The normalized spacial score (nSPS) is 13.3. The summed E-state index contributed by atoms with van der Waals surface area (Å²) in [4.78, 5) is 34.9. The van der Waals surface area contributed by atoms with Gasteiger partial charge >= 0.3 is 19.8 Å². The van der Waals surface area contributed by atoms with Gasteiger partial charge in [0.05, 0.1) is 13.2 Å². The Kier molecular flexibility index (Phi) is 42.4. The van der Waals surface area contributed by atoms with Gasteiger partial charge in [-0.15, -0.1) is 0 Å². The third-order valence-corrected chi connectivity index (χ3v) is 11.4. The molecule has 0 aromatic rings. The molecule has 0 aliphatic carbocycles. The molecule has 332 valence electrons. The smallest absolute Gasteiger partial charge is 0.462 e. The fraction of sp³-hybridized carbons (Fsp3) is 0.913. The first-order chi connectivity index (χ1) is 27.3. The van der Waals surface area contributed by atoms with E-state index in [1.165, 1.54) is 173 Å². The van der Waals surface area contributed by atoms with Crippen LogP contribution in [-0.2, 0) is 32.7 Å². The predicted molar refractivity (Wildman–Crippen MR) is 234 cm³/mol. The molecule has 56 heavy (non-hydrogen) atoms. The summed E-state index contributed by atoms with van der Waals surface area (Å²) in [5.74, 6) is -0.820. The van der Waals surface area contributed by atoms with Crippen molar-refractivity contribution in [2.45, 2.75) is 245 Å². The summed E-state index contributed by atoms with van der Waals surface area (Å²) in [6.45, 7) is 3.77. The number of phosphoric ester groups is 1. The lowest BCUT2D eigenvalue weighted by Gasteiger charge is -2.19. The molecule has 0 aromatic heterocycles. The maximum atomic E-state index is 12.6. The third kappa shape index (κ3) is 42.4. The zero-order valence-corrected chi connectivity index (χ0v) is 37.5. The van der Waals surface area contributed by atoms with Crippen molar-refractivity contribution >= 4 is 19.8 Å². The Bertz CT molecular complexity index is 933. The SMILES string of the molecule is CCCCCCCC/C=C\CCCCCCCCCC(=O)OC[C@H](COP(=O)(O)OCCN)OC(=O)CCCCCCCCCCCCCCCCCCCC. The monoisotopic (exact) mass is 816 g/mol. The Morgan fingerprint density at radius 2 is 0.875 bits per heavy atom. The highest BCUT2D eigenvalue weighted by molar-refractivity contribution is 7.47. The maximum absolute atomic E-state index is 12.6. The molecule has 0 radical (unpaired) electrons. The van der Waals surface area contributed by atoms with E-state index in [9.17, 15) is 19.0 Å². The van der Waals surface area contributed by atoms with Crippen LogP contribution in [0.2, 0.25) is 0 Å². The minimum absolute atomic E-state index is 0.0559. The van der Waals surface area contributed by atoms with E-state index >= 15 is 0 Å². The molecular weight excluding hydrogens is 725 g/mol. The van der Waals surface area contributed by atoms with Crippen LogP contribution in [0.25, 0.3) is 0 Å². The molecule has 0 aromatic carbocycles. The molecule has 0 aliphatic rings. The number of carbonyl (C=O) groups excluding carboxylic acids is 2. The highest BCUT2D eigenvalue weighted by Gasteiger charge is 2.26. The number of ether oxygens (including phenoxy) is 2. The summed E-state index contributed by atoms with van der Waals surface area (Å²) in [7, 11) is -4.37. The van der Waals surface area contributed by atoms with Gasteiger partial charge in [-0.3, -0.25) is 18.6 Å². The predicted octanol–water partition coefficient (Wildman–Crippen LogP) is 13.8. The Labute approximate surface area is 345 Å². The summed E-state index contributed by atoms with van der Waals surface area (Å²) in [6.07, 6.45) is 45.2. The lowest BCUT2D eigenvalue weighted by molar-refractivity contribution is -0.161. The lowest BCUT2D eigenvalue weighted by atomic mass is 10.0. The van der Waals surface area contributed by atoms with E-state index in [1.807, 2.05) is 0 Å². The summed E-state index contributed by atoms with van der Waals surface area (Å²) in [6, 6.07) is 0. The standard InChI is InChI=1S/C46H90NO8P/c1-3-5-7-9-11-13-15-17-19-21-23-25-27-29-31-33-35-37-39-46(49)55-44(43-54-56(50,51)53-41-40-47)42-52-45(48)38-36-34-32-30-28-26-24-22-20-18-16-14-12-10-8-6-4-2/h18,20,44H,3-17,19,21-43,47H2,1-2H3,(H,50,51)/b20-18-/t44-/m1/s1. The fourth-order valence-corrected chi connectivity index (χ4v) is 7.63. The molecule has 0 bridgehead atoms. The summed E-state index contributed by atoms with van der Waals surface area (Å²) in [5, 5.41) is 0. The van der Waals surface area contributed by atoms with E-state index in [0.717, 1.165) is 32.1 Å². The van der Waals surface area contributed by atoms with Gasteiger partial charge in [-0.2, -0.15) is 0 Å². The van der Waals surface area contributed by atoms with Gasteiger partial charge in [0, 0.05) is 19.4 Å². The van der Waals surface area contributed by atoms with Gasteiger partial charge in [-0.25, -0.2) is 4.57 Å². The largest absolute Gasteiger partial charge is 0.472 e. The fourth-order valence-electron chi connectivity index (χ4n) is 6.87. The summed E-state index contributed by atoms with van der Waals surface area (Å²) < 4.78 is 32.9. The van der Waals surface area contributed by atoms with Gasteiger partial charge in [0.15, 0.2) is 6.10 Å². The van der Waals surface area contributed by atoms with Crippen LogP contribution in [0.4, 0.5) is 0 Å². The molecule has 0 spiro atoms. The number of unbranched alkanes of at least 4 members (excludes halogenated alkanes) is 30. The molecular formula is C46H90NO8P. The number of allylic oxidation sites excluding steroid dienone is 2. The van der Waals surface area contributed by atoms with Gasteiger partial charge < -0.3 is 20.1 Å². The highest BCUT2D eigenvalue weighted by Crippen LogP contribution is 2.43. The number of hydrogen-bond acceptors (Lipinski definition) is 8. The molecule has 0 rings (SSSR count). The van der Waals surface area contributed by atoms with Crippen molar-refractivity contribution in [1.29, 1.82) is 0 Å². The van der Waals surface area contributed by atoms with Crippen molar-refractivity contribution in [3.05, 3.63) is 12.2 Å². The topological polar surface area (TPSA) is 134 Å². The maximum Gasteiger partial charge on any atom is 0.472 e. The van der Waals surface area contributed by atoms with Crippen molar-refractivity contribution in [2.24, 2.45) is 5.73 Å². The van der Waals surface area contributed by atoms with E-state index in [-0.39, 0.29) is 38.6 Å². The number of carbonyl (C=O) groups is 2. The first-order valence-electron chi connectivity index (χ1n) is 23.7. The third-order valence-electron chi connectivity index (χ3n) is 10.4. The highest BCUT2D eigenvalue weighted by atomic mass is 31.2. The van der Waals surface area contributed by atoms with Crippen molar-refractivity contribution in [3.63, 3.8) is 0 Å². The van der Waals surface area contributed by atoms with E-state index in [0.29, 0.717) is 6.42 Å². The molecule has 0 saturated carbocycles. The molecule has 1 unspecified atom stereocenters. The summed E-state index contributed by atoms with van der Waals surface area (Å²) >= 11 is 0. The Morgan fingerprint density at radius 3 is 1.27 bits per heavy atom. The van der Waals surface area contributed by atoms with Crippen LogP contribution < -0.4 is 5.73 Å². The molecule has 3 N–H and O–H groups in total. The minimum atomic E-state index is -4.37. The quantitative estimate of drug-likeness (QED) is 0.0266. The average molecular weight is 816 g/mol. The number of esters is 2. The zero-order chi connectivity index (χ0) is 41.1. The van der Waals surface area contributed by atoms with Gasteiger partial charge in [0.1, 0.15) is 6.61 Å². The Balaban J connectivity index is 4.07. The molecule has 10 heteroatoms. The zero-order valence-electron chi connectivity index (χ0n) is 36.6. The second kappa shape index (κ2) is 43.3. The number of rotatable bonds is 45. The van der Waals surface area contributed by atoms with E-state index in [4.69, 9.17) is 24.3 Å². The first-order valence-corrected chi connectivity index (χ1v) is 25.2. The van der Waals surface area contributed by atoms with Gasteiger partial charge in [0.25, 0.3) is 0 Å². The van der Waals surface area contributed by atoms with E-state index in [2.05, 4.69) is 26.0 Å². The van der Waals surface area contributed by atoms with Crippen LogP contribution in [-0.4, -0.2) is 49.3 Å². The Morgan fingerprint density at radius 1 is 0.518 bits per heavy atom. The van der Waals surface area contributed by atoms with Crippen molar-refractivity contribution in [3.8, 4) is 0 Å². The molecule has 0 heterocycles. The number of hydrogen-bond donors (Lipinski definition) is 2. The average Bonchev–Trinajstić information content (AvgIpc) is 3.18. The molecule has 0 amide bonds. The van der Waals surface area contributed by atoms with Crippen LogP contribution in [0.3, 0.4) is 0 Å². The summed E-state index contributed by atoms with van der Waals surface area (Å²) in [5.41, 5.74) is 5.36. The molecule has 0 saturated heterocycles. The van der Waals surface area contributed by atoms with Crippen LogP contribution in [0.15, 0.2) is 12.2 Å².